The molecule has 1 N–H and O–H groups in total. The third kappa shape index (κ3) is 6.44. The van der Waals surface area contributed by atoms with Gasteiger partial charge in [0.2, 0.25) is 0 Å². The summed E-state index contributed by atoms with van der Waals surface area (Å²) in [4.78, 5) is 5.70. The molecule has 1 fully saturated rings. The molecule has 0 unspecified atom stereocenters. The molecule has 1 heterocycles. The number of sulfonamides is 1. The number of rotatable bonds is 8. The first-order chi connectivity index (χ1) is 16.7. The molecule has 1 saturated carbocycles. The van der Waals surface area contributed by atoms with Gasteiger partial charge in [-0.15, -0.1) is 4.40 Å². The van der Waals surface area contributed by atoms with E-state index < -0.39 is 10.0 Å². The van der Waals surface area contributed by atoms with Crippen molar-refractivity contribution in [1.29, 1.82) is 0 Å². The standard InChI is InChI=1S/C25H28Cl2N4O3S/c1-31(2)16-30-35(32,33)24-13-17(3-9-22(24)26)14-29-19-5-7-20(8-6-19)34-23-10-4-18-15-28-12-11-21(18)25(23)27/h3-4,9-13,15-16,19-20,29H,5-8,14H2,1-2H3. The minimum absolute atomic E-state index is 0.0109. The molecule has 0 saturated heterocycles. The van der Waals surface area contributed by atoms with Crippen LogP contribution in [0.1, 0.15) is 31.2 Å². The second-order valence-corrected chi connectivity index (χ2v) is 11.3. The van der Waals surface area contributed by atoms with Crippen LogP contribution >= 0.6 is 23.2 Å². The molecule has 2 aromatic carbocycles. The fourth-order valence-electron chi connectivity index (χ4n) is 4.10. The van der Waals surface area contributed by atoms with Crippen molar-refractivity contribution >= 4 is 50.3 Å². The minimum atomic E-state index is -3.87. The number of nitrogens with one attached hydrogen (secondary N) is 1. The Morgan fingerprint density at radius 3 is 2.66 bits per heavy atom. The topological polar surface area (TPSA) is 83.9 Å². The normalized spacial score (nSPS) is 18.7. The molecule has 0 spiro atoms. The Labute approximate surface area is 216 Å². The van der Waals surface area contributed by atoms with E-state index in [0.717, 1.165) is 42.0 Å². The minimum Gasteiger partial charge on any atom is -0.489 e. The van der Waals surface area contributed by atoms with Crippen LogP contribution in [0.15, 0.2) is 58.1 Å². The van der Waals surface area contributed by atoms with Gasteiger partial charge in [-0.1, -0.05) is 29.3 Å². The van der Waals surface area contributed by atoms with Gasteiger partial charge in [-0.3, -0.25) is 4.98 Å². The highest BCUT2D eigenvalue weighted by Gasteiger charge is 2.24. The number of halogens is 2. The molecule has 1 aliphatic rings. The van der Waals surface area contributed by atoms with Crippen molar-refractivity contribution in [3.8, 4) is 5.75 Å². The average molecular weight is 535 g/mol. The molecule has 1 aliphatic carbocycles. The second-order valence-electron chi connectivity index (χ2n) is 8.87. The summed E-state index contributed by atoms with van der Waals surface area (Å²) in [5, 5.41) is 6.23. The third-order valence-electron chi connectivity index (χ3n) is 5.97. The van der Waals surface area contributed by atoms with E-state index in [1.807, 2.05) is 24.3 Å². The fraction of sp³-hybridized carbons (Fsp3) is 0.360. The van der Waals surface area contributed by atoms with Crippen LogP contribution < -0.4 is 10.1 Å². The summed E-state index contributed by atoms with van der Waals surface area (Å²) < 4.78 is 35.0. The Morgan fingerprint density at radius 1 is 1.14 bits per heavy atom. The third-order valence-corrected chi connectivity index (χ3v) is 8.07. The molecule has 10 heteroatoms. The van der Waals surface area contributed by atoms with Crippen LogP contribution in [0.2, 0.25) is 10.0 Å². The molecular formula is C25H28Cl2N4O3S. The van der Waals surface area contributed by atoms with Gasteiger partial charge in [0.15, 0.2) is 0 Å². The van der Waals surface area contributed by atoms with E-state index in [1.165, 1.54) is 6.34 Å². The van der Waals surface area contributed by atoms with Crippen molar-refractivity contribution in [2.45, 2.75) is 49.3 Å². The van der Waals surface area contributed by atoms with Crippen molar-refractivity contribution in [3.63, 3.8) is 0 Å². The summed E-state index contributed by atoms with van der Waals surface area (Å²) >= 11 is 12.7. The van der Waals surface area contributed by atoms with E-state index in [0.29, 0.717) is 23.4 Å². The summed E-state index contributed by atoms with van der Waals surface area (Å²) in [6, 6.07) is 11.1. The van der Waals surface area contributed by atoms with E-state index in [-0.39, 0.29) is 16.0 Å². The van der Waals surface area contributed by atoms with Crippen molar-refractivity contribution in [2.24, 2.45) is 4.40 Å². The van der Waals surface area contributed by atoms with E-state index in [1.54, 1.807) is 43.5 Å². The highest BCUT2D eigenvalue weighted by molar-refractivity contribution is 7.90. The lowest BCUT2D eigenvalue weighted by molar-refractivity contribution is 0.139. The van der Waals surface area contributed by atoms with Gasteiger partial charge in [0.25, 0.3) is 10.0 Å². The molecule has 0 amide bonds. The molecule has 0 bridgehead atoms. The number of hydrogen-bond donors (Lipinski definition) is 1. The molecule has 35 heavy (non-hydrogen) atoms. The van der Waals surface area contributed by atoms with Gasteiger partial charge in [0, 0.05) is 49.8 Å². The highest BCUT2D eigenvalue weighted by atomic mass is 35.5. The summed E-state index contributed by atoms with van der Waals surface area (Å²) in [6.07, 6.45) is 8.58. The van der Waals surface area contributed by atoms with Crippen LogP contribution in [0.4, 0.5) is 0 Å². The number of benzene rings is 2. The molecule has 1 aromatic heterocycles. The Bertz CT molecular complexity index is 1320. The lowest BCUT2D eigenvalue weighted by Crippen LogP contribution is -2.36. The largest absolute Gasteiger partial charge is 0.489 e. The van der Waals surface area contributed by atoms with Gasteiger partial charge in [0.05, 0.1) is 16.1 Å². The molecule has 0 atom stereocenters. The Hall–Kier alpha value is -2.39. The van der Waals surface area contributed by atoms with Gasteiger partial charge in [-0.2, -0.15) is 8.42 Å². The van der Waals surface area contributed by atoms with Crippen LogP contribution in [0.3, 0.4) is 0 Å². The first-order valence-electron chi connectivity index (χ1n) is 11.4. The van der Waals surface area contributed by atoms with Crippen LogP contribution in [-0.4, -0.2) is 50.9 Å². The van der Waals surface area contributed by atoms with Crippen LogP contribution in [0.5, 0.6) is 5.75 Å². The Balaban J connectivity index is 1.33. The second kappa shape index (κ2) is 11.1. The first-order valence-corrected chi connectivity index (χ1v) is 13.6. The number of pyridine rings is 1. The molecule has 186 valence electrons. The van der Waals surface area contributed by atoms with Crippen molar-refractivity contribution < 1.29 is 13.2 Å². The summed E-state index contributed by atoms with van der Waals surface area (Å²) in [5.74, 6) is 0.702. The van der Waals surface area contributed by atoms with E-state index in [4.69, 9.17) is 27.9 Å². The zero-order valence-electron chi connectivity index (χ0n) is 19.6. The van der Waals surface area contributed by atoms with E-state index in [9.17, 15) is 8.42 Å². The van der Waals surface area contributed by atoms with Gasteiger partial charge in [-0.25, -0.2) is 0 Å². The maximum atomic E-state index is 12.5. The lowest BCUT2D eigenvalue weighted by atomic mass is 9.92. The maximum Gasteiger partial charge on any atom is 0.285 e. The fourth-order valence-corrected chi connectivity index (χ4v) is 5.83. The SMILES string of the molecule is CN(C)C=NS(=O)(=O)c1cc(CNC2CCC(Oc3ccc4cnccc4c3Cl)CC2)ccc1Cl. The monoisotopic (exact) mass is 534 g/mol. The van der Waals surface area contributed by atoms with Crippen molar-refractivity contribution in [1.82, 2.24) is 15.2 Å². The van der Waals surface area contributed by atoms with Gasteiger partial charge in [-0.05, 0) is 61.6 Å². The van der Waals surface area contributed by atoms with Gasteiger partial charge >= 0.3 is 0 Å². The molecular weight excluding hydrogens is 507 g/mol. The summed E-state index contributed by atoms with van der Waals surface area (Å²) in [7, 11) is -0.462. The molecule has 7 nitrogen and oxygen atoms in total. The van der Waals surface area contributed by atoms with Crippen molar-refractivity contribution in [2.75, 3.05) is 14.1 Å². The predicted molar refractivity (Wildman–Crippen MR) is 141 cm³/mol. The zero-order valence-corrected chi connectivity index (χ0v) is 21.9. The molecule has 0 radical (unpaired) electrons. The van der Waals surface area contributed by atoms with Gasteiger partial charge in [0.1, 0.15) is 17.0 Å². The number of ether oxygens (including phenoxy) is 1. The predicted octanol–water partition coefficient (Wildman–Crippen LogP) is 5.30. The molecule has 4 rings (SSSR count). The number of nitrogens with zero attached hydrogens (tertiary/aromatic N) is 3. The lowest BCUT2D eigenvalue weighted by Gasteiger charge is -2.30. The molecule has 3 aromatic rings. The van der Waals surface area contributed by atoms with Crippen LogP contribution in [-0.2, 0) is 16.6 Å². The number of hydrogen-bond acceptors (Lipinski definition) is 5. The Kier molecular flexibility index (Phi) is 8.16. The number of fused-ring (bicyclic) bond motifs is 1. The molecule has 0 aliphatic heterocycles. The summed E-state index contributed by atoms with van der Waals surface area (Å²) in [6.45, 7) is 0.539. The highest BCUT2D eigenvalue weighted by Crippen LogP contribution is 2.35. The first kappa shape index (κ1) is 25.7. The van der Waals surface area contributed by atoms with Crippen molar-refractivity contribution in [3.05, 3.63) is 64.4 Å². The summed E-state index contributed by atoms with van der Waals surface area (Å²) in [5.41, 5.74) is 0.837. The van der Waals surface area contributed by atoms with E-state index in [2.05, 4.69) is 14.7 Å². The van der Waals surface area contributed by atoms with Crippen LogP contribution in [0.25, 0.3) is 10.8 Å². The maximum absolute atomic E-state index is 12.5. The number of aromatic nitrogens is 1. The zero-order chi connectivity index (χ0) is 25.0. The quantitative estimate of drug-likeness (QED) is 0.311. The smallest absolute Gasteiger partial charge is 0.285 e. The Morgan fingerprint density at radius 2 is 1.91 bits per heavy atom. The van der Waals surface area contributed by atoms with Crippen LogP contribution in [0, 0.1) is 0 Å². The van der Waals surface area contributed by atoms with Gasteiger partial charge < -0.3 is 15.0 Å². The van der Waals surface area contributed by atoms with E-state index >= 15 is 0 Å². The average Bonchev–Trinajstić information content (AvgIpc) is 2.85.